The highest BCUT2D eigenvalue weighted by Crippen LogP contribution is 2.21. The van der Waals surface area contributed by atoms with Crippen LogP contribution in [0.2, 0.25) is 0 Å². The van der Waals surface area contributed by atoms with E-state index in [1.54, 1.807) is 0 Å². The van der Waals surface area contributed by atoms with Gasteiger partial charge in [0.2, 0.25) is 0 Å². The van der Waals surface area contributed by atoms with Gasteiger partial charge in [0, 0.05) is 10.6 Å². The zero-order valence-corrected chi connectivity index (χ0v) is 11.5. The third kappa shape index (κ3) is 5.60. The lowest BCUT2D eigenvalue weighted by Gasteiger charge is -2.03. The summed E-state index contributed by atoms with van der Waals surface area (Å²) in [6, 6.07) is 8.70. The zero-order valence-electron chi connectivity index (χ0n) is 10.6. The first-order chi connectivity index (χ1) is 8.26. The van der Waals surface area contributed by atoms with E-state index in [0.717, 1.165) is 12.2 Å². The zero-order chi connectivity index (χ0) is 12.5. The number of aryl methyl sites for hydroxylation is 1. The number of hydrogen-bond donors (Lipinski definition) is 0. The average molecular weight is 244 g/mol. The smallest absolute Gasteiger partial charge is 0.00722 e. The van der Waals surface area contributed by atoms with Crippen LogP contribution in [0.5, 0.6) is 0 Å². The van der Waals surface area contributed by atoms with Crippen LogP contribution >= 0.6 is 11.8 Å². The molecule has 0 atom stereocenters. The molecule has 0 fully saturated rings. The Balaban J connectivity index is 2.43. The van der Waals surface area contributed by atoms with E-state index in [2.05, 4.69) is 56.0 Å². The van der Waals surface area contributed by atoms with Crippen molar-refractivity contribution >= 4 is 11.8 Å². The lowest BCUT2D eigenvalue weighted by Crippen LogP contribution is -1.84. The van der Waals surface area contributed by atoms with E-state index in [4.69, 9.17) is 0 Å². The molecule has 0 aromatic heterocycles. The Morgan fingerprint density at radius 1 is 1.29 bits per heavy atom. The van der Waals surface area contributed by atoms with Gasteiger partial charge in [-0.05, 0) is 38.0 Å². The molecule has 0 nitrogen and oxygen atoms in total. The summed E-state index contributed by atoms with van der Waals surface area (Å²) in [4.78, 5) is 1.34. The molecule has 17 heavy (non-hydrogen) atoms. The minimum Gasteiger partial charge on any atom is -0.126 e. The highest BCUT2D eigenvalue weighted by atomic mass is 32.2. The second kappa shape index (κ2) is 7.97. The number of hydrogen-bond acceptors (Lipinski definition) is 1. The van der Waals surface area contributed by atoms with E-state index >= 15 is 0 Å². The number of allylic oxidation sites excluding steroid dienone is 5. The van der Waals surface area contributed by atoms with Gasteiger partial charge in [-0.1, -0.05) is 48.6 Å². The third-order valence-electron chi connectivity index (χ3n) is 2.39. The summed E-state index contributed by atoms with van der Waals surface area (Å²) in [6.45, 7) is 7.90. The first kappa shape index (κ1) is 13.9. The van der Waals surface area contributed by atoms with Crippen molar-refractivity contribution in [3.8, 4) is 0 Å². The van der Waals surface area contributed by atoms with Crippen molar-refractivity contribution in [2.45, 2.75) is 25.2 Å². The van der Waals surface area contributed by atoms with Gasteiger partial charge in [-0.3, -0.25) is 0 Å². The minimum atomic E-state index is 1.08. The molecule has 0 saturated carbocycles. The molecule has 1 aromatic carbocycles. The predicted octanol–water partition coefficient (Wildman–Crippen LogP) is 5.17. The highest BCUT2D eigenvalue weighted by Gasteiger charge is 1.95. The maximum Gasteiger partial charge on any atom is 0.00722 e. The summed E-state index contributed by atoms with van der Waals surface area (Å²) >= 11 is 1.90. The fraction of sp³-hybridized carbons (Fsp3) is 0.250. The van der Waals surface area contributed by atoms with Gasteiger partial charge in [0.25, 0.3) is 0 Å². The molecule has 1 rings (SSSR count). The van der Waals surface area contributed by atoms with Gasteiger partial charge in [0.15, 0.2) is 0 Å². The van der Waals surface area contributed by atoms with Crippen molar-refractivity contribution in [3.63, 3.8) is 0 Å². The summed E-state index contributed by atoms with van der Waals surface area (Å²) in [6.07, 6.45) is 9.24. The molecule has 0 spiro atoms. The second-order valence-corrected chi connectivity index (χ2v) is 5.06. The molecule has 0 aliphatic heterocycles. The molecule has 0 radical (unpaired) electrons. The van der Waals surface area contributed by atoms with Crippen LogP contribution in [0.1, 0.15) is 18.9 Å². The Morgan fingerprint density at radius 2 is 2.00 bits per heavy atom. The quantitative estimate of drug-likeness (QED) is 0.491. The topological polar surface area (TPSA) is 0 Å². The van der Waals surface area contributed by atoms with Crippen LogP contribution in [0, 0.1) is 6.92 Å². The Hall–Kier alpha value is -1.21. The molecule has 1 aromatic rings. The van der Waals surface area contributed by atoms with Crippen LogP contribution in [-0.4, -0.2) is 5.75 Å². The average Bonchev–Trinajstić information content (AvgIpc) is 2.32. The molecule has 0 saturated heterocycles. The molecule has 90 valence electrons. The predicted molar refractivity (Wildman–Crippen MR) is 79.6 cm³/mol. The van der Waals surface area contributed by atoms with E-state index < -0.39 is 0 Å². The van der Waals surface area contributed by atoms with Gasteiger partial charge in [-0.15, -0.1) is 11.8 Å². The van der Waals surface area contributed by atoms with Gasteiger partial charge in [0.1, 0.15) is 0 Å². The Kier molecular flexibility index (Phi) is 6.49. The first-order valence-corrected chi connectivity index (χ1v) is 6.88. The van der Waals surface area contributed by atoms with Crippen molar-refractivity contribution < 1.29 is 0 Å². The standard InChI is InChI=1S/C16H20S/c1-4-6-15(7-5-2)12-13-17-16-10-8-14(3)9-11-16/h4-11H,1,12-13H2,2-3H3/b7-5-,15-6+. The van der Waals surface area contributed by atoms with E-state index in [1.807, 2.05) is 24.8 Å². The molecule has 0 bridgehead atoms. The van der Waals surface area contributed by atoms with Crippen molar-refractivity contribution in [1.29, 1.82) is 0 Å². The lowest BCUT2D eigenvalue weighted by atomic mass is 10.2. The van der Waals surface area contributed by atoms with Gasteiger partial charge in [-0.25, -0.2) is 0 Å². The summed E-state index contributed by atoms with van der Waals surface area (Å²) in [7, 11) is 0. The van der Waals surface area contributed by atoms with Crippen LogP contribution in [0.3, 0.4) is 0 Å². The molecular formula is C16H20S. The molecule has 0 aliphatic rings. The Labute approximate surface area is 109 Å². The Morgan fingerprint density at radius 3 is 2.59 bits per heavy atom. The normalized spacial score (nSPS) is 12.0. The molecule has 0 heterocycles. The van der Waals surface area contributed by atoms with E-state index in [-0.39, 0.29) is 0 Å². The maximum absolute atomic E-state index is 3.74. The van der Waals surface area contributed by atoms with Gasteiger partial charge in [-0.2, -0.15) is 0 Å². The molecule has 1 heteroatoms. The fourth-order valence-electron chi connectivity index (χ4n) is 1.51. The van der Waals surface area contributed by atoms with Crippen molar-refractivity contribution in [1.82, 2.24) is 0 Å². The molecule has 0 amide bonds. The van der Waals surface area contributed by atoms with E-state index in [9.17, 15) is 0 Å². The minimum absolute atomic E-state index is 1.08. The number of thioether (sulfide) groups is 1. The summed E-state index contributed by atoms with van der Waals surface area (Å²) < 4.78 is 0. The number of benzene rings is 1. The van der Waals surface area contributed by atoms with E-state index in [1.165, 1.54) is 16.0 Å². The van der Waals surface area contributed by atoms with Crippen molar-refractivity contribution in [2.24, 2.45) is 0 Å². The number of rotatable bonds is 6. The van der Waals surface area contributed by atoms with Crippen molar-refractivity contribution in [3.05, 3.63) is 66.3 Å². The van der Waals surface area contributed by atoms with Gasteiger partial charge in [0.05, 0.1) is 0 Å². The second-order valence-electron chi connectivity index (χ2n) is 3.89. The summed E-state index contributed by atoms with van der Waals surface area (Å²) in [5.74, 6) is 1.10. The molecular weight excluding hydrogens is 224 g/mol. The first-order valence-electron chi connectivity index (χ1n) is 5.90. The largest absolute Gasteiger partial charge is 0.126 e. The monoisotopic (exact) mass is 244 g/mol. The molecule has 0 N–H and O–H groups in total. The van der Waals surface area contributed by atoms with Crippen molar-refractivity contribution in [2.75, 3.05) is 5.75 Å². The van der Waals surface area contributed by atoms with E-state index in [0.29, 0.717) is 0 Å². The third-order valence-corrected chi connectivity index (χ3v) is 3.41. The summed E-state index contributed by atoms with van der Waals surface area (Å²) in [5.41, 5.74) is 2.65. The van der Waals surface area contributed by atoms with Crippen LogP contribution in [0.4, 0.5) is 0 Å². The van der Waals surface area contributed by atoms with Gasteiger partial charge >= 0.3 is 0 Å². The fourth-order valence-corrected chi connectivity index (χ4v) is 2.41. The van der Waals surface area contributed by atoms with Crippen LogP contribution in [0.15, 0.2) is 65.6 Å². The van der Waals surface area contributed by atoms with Gasteiger partial charge < -0.3 is 0 Å². The molecule has 0 aliphatic carbocycles. The van der Waals surface area contributed by atoms with Crippen LogP contribution in [-0.2, 0) is 0 Å². The maximum atomic E-state index is 3.74. The highest BCUT2D eigenvalue weighted by molar-refractivity contribution is 7.99. The van der Waals surface area contributed by atoms with Crippen LogP contribution in [0.25, 0.3) is 0 Å². The SMILES string of the molecule is C=C/C=C(\C=C/C)CCSc1ccc(C)cc1. The molecule has 0 unspecified atom stereocenters. The Bertz CT molecular complexity index is 396. The van der Waals surface area contributed by atoms with Crippen LogP contribution < -0.4 is 0 Å². The lowest BCUT2D eigenvalue weighted by molar-refractivity contribution is 1.16. The summed E-state index contributed by atoms with van der Waals surface area (Å²) in [5, 5.41) is 0.